The molecule has 28 heavy (non-hydrogen) atoms. The fraction of sp³-hybridized carbons (Fsp3) is 0.429. The van der Waals surface area contributed by atoms with Crippen molar-refractivity contribution in [2.75, 3.05) is 0 Å². The van der Waals surface area contributed by atoms with E-state index in [4.69, 9.17) is 4.42 Å². The molecule has 1 N–H and O–H groups in total. The third-order valence-corrected chi connectivity index (χ3v) is 5.01. The number of aromatic nitrogens is 3. The van der Waals surface area contributed by atoms with Crippen LogP contribution in [-0.4, -0.2) is 26.5 Å². The summed E-state index contributed by atoms with van der Waals surface area (Å²) in [5.41, 5.74) is 1.59. The van der Waals surface area contributed by atoms with Crippen LogP contribution in [0, 0.1) is 5.92 Å². The van der Waals surface area contributed by atoms with Gasteiger partial charge in [-0.05, 0) is 25.8 Å². The summed E-state index contributed by atoms with van der Waals surface area (Å²) in [5, 5.41) is 11.8. The highest BCUT2D eigenvalue weighted by atomic mass is 16.4. The van der Waals surface area contributed by atoms with Gasteiger partial charge in [0.2, 0.25) is 17.7 Å². The number of ketones is 1. The van der Waals surface area contributed by atoms with Gasteiger partial charge >= 0.3 is 0 Å². The molecule has 7 heteroatoms. The molecule has 3 aromatic rings. The highest BCUT2D eigenvalue weighted by Gasteiger charge is 2.32. The minimum absolute atomic E-state index is 0.119. The van der Waals surface area contributed by atoms with Crippen molar-refractivity contribution in [3.05, 3.63) is 47.8 Å². The molecule has 1 aliphatic carbocycles. The highest BCUT2D eigenvalue weighted by molar-refractivity contribution is 6.10. The summed E-state index contributed by atoms with van der Waals surface area (Å²) in [6.07, 6.45) is 3.72. The lowest BCUT2D eigenvalue weighted by Crippen LogP contribution is -2.30. The third kappa shape index (κ3) is 3.56. The lowest BCUT2D eigenvalue weighted by molar-refractivity contribution is -0.122. The van der Waals surface area contributed by atoms with E-state index in [9.17, 15) is 9.59 Å². The van der Waals surface area contributed by atoms with Gasteiger partial charge in [0.25, 0.3) is 0 Å². The standard InChI is InChI=1S/C21H24N4O3/c1-12(2)20-23-24-21(28-20)13(3)22-18(26)11-25-10-16(19(27)14-8-9-14)15-6-4-5-7-17(15)25/h4-7,10,12-14H,8-9,11H2,1-3H3,(H,22,26)/t13-/m0/s1. The van der Waals surface area contributed by atoms with Crippen LogP contribution < -0.4 is 5.32 Å². The molecule has 0 spiro atoms. The molecule has 4 rings (SSSR count). The molecule has 1 aromatic carbocycles. The molecule has 0 aliphatic heterocycles. The van der Waals surface area contributed by atoms with Crippen molar-refractivity contribution in [3.63, 3.8) is 0 Å². The summed E-state index contributed by atoms with van der Waals surface area (Å²) < 4.78 is 7.44. The molecule has 1 atom stereocenters. The average molecular weight is 380 g/mol. The van der Waals surface area contributed by atoms with Crippen molar-refractivity contribution in [1.82, 2.24) is 20.1 Å². The number of carbonyl (C=O) groups is 2. The van der Waals surface area contributed by atoms with E-state index in [1.165, 1.54) is 0 Å². The normalized spacial score (nSPS) is 15.1. The second-order valence-corrected chi connectivity index (χ2v) is 7.75. The lowest BCUT2D eigenvalue weighted by atomic mass is 10.1. The number of fused-ring (bicyclic) bond motifs is 1. The predicted octanol–water partition coefficient (Wildman–Crippen LogP) is 3.62. The van der Waals surface area contributed by atoms with Crippen LogP contribution in [0.2, 0.25) is 0 Å². The van der Waals surface area contributed by atoms with Crippen LogP contribution in [0.25, 0.3) is 10.9 Å². The van der Waals surface area contributed by atoms with Gasteiger partial charge in [-0.25, -0.2) is 0 Å². The molecule has 0 saturated heterocycles. The van der Waals surface area contributed by atoms with Crippen LogP contribution in [0.1, 0.15) is 67.7 Å². The Morgan fingerprint density at radius 3 is 2.57 bits per heavy atom. The number of amides is 1. The number of carbonyl (C=O) groups excluding carboxylic acids is 2. The predicted molar refractivity (Wildman–Crippen MR) is 104 cm³/mol. The molecular weight excluding hydrogens is 356 g/mol. The summed E-state index contributed by atoms with van der Waals surface area (Å²) in [5.74, 6) is 1.21. The zero-order chi connectivity index (χ0) is 19.8. The van der Waals surface area contributed by atoms with Gasteiger partial charge in [-0.3, -0.25) is 9.59 Å². The lowest BCUT2D eigenvalue weighted by Gasteiger charge is -2.11. The Kier molecular flexibility index (Phi) is 4.75. The number of Topliss-reactive ketones (excluding diaryl/α,β-unsaturated/α-hetero) is 1. The SMILES string of the molecule is CC(C)c1nnc([C@H](C)NC(=O)Cn2cc(C(=O)C3CC3)c3ccccc32)o1. The van der Waals surface area contributed by atoms with Crippen LogP contribution in [-0.2, 0) is 11.3 Å². The first kappa shape index (κ1) is 18.4. The number of rotatable bonds is 7. The van der Waals surface area contributed by atoms with Crippen molar-refractivity contribution in [1.29, 1.82) is 0 Å². The van der Waals surface area contributed by atoms with Gasteiger partial charge in [0.05, 0.1) is 0 Å². The number of benzene rings is 1. The fourth-order valence-corrected chi connectivity index (χ4v) is 3.30. The summed E-state index contributed by atoms with van der Waals surface area (Å²) in [4.78, 5) is 25.2. The quantitative estimate of drug-likeness (QED) is 0.632. The summed E-state index contributed by atoms with van der Waals surface area (Å²) in [6, 6.07) is 7.31. The van der Waals surface area contributed by atoms with E-state index in [-0.39, 0.29) is 36.1 Å². The largest absolute Gasteiger partial charge is 0.423 e. The summed E-state index contributed by atoms with van der Waals surface area (Å²) in [6.45, 7) is 5.87. The molecule has 1 saturated carbocycles. The van der Waals surface area contributed by atoms with E-state index < -0.39 is 0 Å². The highest BCUT2D eigenvalue weighted by Crippen LogP contribution is 2.35. The van der Waals surface area contributed by atoms with Gasteiger partial charge in [-0.15, -0.1) is 10.2 Å². The molecule has 7 nitrogen and oxygen atoms in total. The first-order valence-electron chi connectivity index (χ1n) is 9.68. The van der Waals surface area contributed by atoms with E-state index in [2.05, 4.69) is 15.5 Å². The van der Waals surface area contributed by atoms with Gasteiger partial charge in [0.1, 0.15) is 12.6 Å². The zero-order valence-corrected chi connectivity index (χ0v) is 16.3. The number of hydrogen-bond donors (Lipinski definition) is 1. The molecule has 1 aliphatic rings. The fourth-order valence-electron chi connectivity index (χ4n) is 3.30. The van der Waals surface area contributed by atoms with Crippen molar-refractivity contribution in [2.24, 2.45) is 5.92 Å². The number of hydrogen-bond acceptors (Lipinski definition) is 5. The van der Waals surface area contributed by atoms with Gasteiger partial charge in [0.15, 0.2) is 5.78 Å². The van der Waals surface area contributed by atoms with Gasteiger partial charge < -0.3 is 14.3 Å². The molecule has 0 unspecified atom stereocenters. The third-order valence-electron chi connectivity index (χ3n) is 5.01. The van der Waals surface area contributed by atoms with E-state index in [1.54, 1.807) is 6.20 Å². The van der Waals surface area contributed by atoms with E-state index >= 15 is 0 Å². The maximum atomic E-state index is 12.6. The monoisotopic (exact) mass is 380 g/mol. The Morgan fingerprint density at radius 2 is 1.89 bits per heavy atom. The topological polar surface area (TPSA) is 90.0 Å². The summed E-state index contributed by atoms with van der Waals surface area (Å²) >= 11 is 0. The number of nitrogens with one attached hydrogen (secondary N) is 1. The first-order valence-corrected chi connectivity index (χ1v) is 9.68. The van der Waals surface area contributed by atoms with E-state index in [0.29, 0.717) is 17.3 Å². The van der Waals surface area contributed by atoms with Crippen LogP contribution in [0.15, 0.2) is 34.9 Å². The Morgan fingerprint density at radius 1 is 1.18 bits per heavy atom. The molecule has 146 valence electrons. The Bertz CT molecular complexity index is 1030. The Balaban J connectivity index is 1.51. The first-order chi connectivity index (χ1) is 13.4. The molecule has 0 radical (unpaired) electrons. The molecule has 1 fully saturated rings. The molecular formula is C21H24N4O3. The van der Waals surface area contributed by atoms with Crippen molar-refractivity contribution in [2.45, 2.75) is 52.1 Å². The summed E-state index contributed by atoms with van der Waals surface area (Å²) in [7, 11) is 0. The van der Waals surface area contributed by atoms with Gasteiger partial charge in [-0.2, -0.15) is 0 Å². The molecule has 0 bridgehead atoms. The van der Waals surface area contributed by atoms with Gasteiger partial charge in [0, 0.05) is 34.5 Å². The second-order valence-electron chi connectivity index (χ2n) is 7.75. The Hall–Kier alpha value is -2.96. The van der Waals surface area contributed by atoms with Crippen LogP contribution in [0.5, 0.6) is 0 Å². The smallest absolute Gasteiger partial charge is 0.240 e. The Labute approximate surface area is 163 Å². The van der Waals surface area contributed by atoms with Gasteiger partial charge in [-0.1, -0.05) is 32.0 Å². The van der Waals surface area contributed by atoms with Crippen LogP contribution in [0.4, 0.5) is 0 Å². The maximum absolute atomic E-state index is 12.6. The van der Waals surface area contributed by atoms with Crippen LogP contribution >= 0.6 is 0 Å². The van der Waals surface area contributed by atoms with Crippen molar-refractivity contribution in [3.8, 4) is 0 Å². The van der Waals surface area contributed by atoms with E-state index in [1.807, 2.05) is 49.6 Å². The minimum Gasteiger partial charge on any atom is -0.423 e. The zero-order valence-electron chi connectivity index (χ0n) is 16.3. The number of para-hydroxylation sites is 1. The van der Waals surface area contributed by atoms with Crippen molar-refractivity contribution >= 4 is 22.6 Å². The average Bonchev–Trinajstić information content (AvgIpc) is 3.28. The van der Waals surface area contributed by atoms with E-state index in [0.717, 1.165) is 23.7 Å². The second kappa shape index (κ2) is 7.22. The molecule has 2 heterocycles. The maximum Gasteiger partial charge on any atom is 0.240 e. The molecule has 1 amide bonds. The number of nitrogens with zero attached hydrogens (tertiary/aromatic N) is 3. The van der Waals surface area contributed by atoms with Crippen molar-refractivity contribution < 1.29 is 14.0 Å². The minimum atomic E-state index is -0.387. The van der Waals surface area contributed by atoms with Crippen LogP contribution in [0.3, 0.4) is 0 Å². The molecule has 2 aromatic heterocycles.